The van der Waals surface area contributed by atoms with Crippen LogP contribution in [0, 0.1) is 0 Å². The van der Waals surface area contributed by atoms with Crippen LogP contribution in [0.25, 0.3) is 5.65 Å². The molecule has 1 amide bonds. The number of carboxylic acids is 1. The summed E-state index contributed by atoms with van der Waals surface area (Å²) in [5.41, 5.74) is 5.76. The Morgan fingerprint density at radius 3 is 2.70 bits per heavy atom. The topological polar surface area (TPSA) is 101 Å². The van der Waals surface area contributed by atoms with E-state index in [1.807, 2.05) is 13.8 Å². The average molecular weight is 276 g/mol. The van der Waals surface area contributed by atoms with E-state index in [9.17, 15) is 14.7 Å². The summed E-state index contributed by atoms with van der Waals surface area (Å²) in [5.74, 6) is -1.39. The first-order valence-corrected chi connectivity index (χ1v) is 6.17. The smallest absolute Gasteiger partial charge is 0.356 e. The molecule has 0 radical (unpaired) electrons. The van der Waals surface area contributed by atoms with Crippen LogP contribution in [0.1, 0.15) is 24.3 Å². The molecule has 0 fully saturated rings. The summed E-state index contributed by atoms with van der Waals surface area (Å²) in [6.45, 7) is 3.61. The number of nitrogens with zero attached hydrogens (tertiary/aromatic N) is 3. The van der Waals surface area contributed by atoms with E-state index in [4.69, 9.17) is 5.73 Å². The Kier molecular flexibility index (Phi) is 3.60. The number of amides is 1. The van der Waals surface area contributed by atoms with Gasteiger partial charge in [-0.05, 0) is 26.0 Å². The molecule has 0 spiro atoms. The summed E-state index contributed by atoms with van der Waals surface area (Å²) in [7, 11) is 0. The first-order chi connectivity index (χ1) is 9.41. The van der Waals surface area contributed by atoms with Crippen LogP contribution < -0.4 is 10.6 Å². The molecule has 0 atom stereocenters. The van der Waals surface area contributed by atoms with E-state index in [1.54, 1.807) is 29.3 Å². The Hall–Kier alpha value is -2.57. The summed E-state index contributed by atoms with van der Waals surface area (Å²) >= 11 is 0. The normalized spacial score (nSPS) is 10.9. The van der Waals surface area contributed by atoms with Gasteiger partial charge in [-0.15, -0.1) is 0 Å². The number of carbonyl (C=O) groups is 2. The zero-order valence-electron chi connectivity index (χ0n) is 11.3. The average Bonchev–Trinajstić information content (AvgIpc) is 2.74. The second kappa shape index (κ2) is 5.20. The highest BCUT2D eigenvalue weighted by Gasteiger charge is 2.25. The van der Waals surface area contributed by atoms with Gasteiger partial charge in [0.1, 0.15) is 5.65 Å². The summed E-state index contributed by atoms with van der Waals surface area (Å²) in [4.78, 5) is 28.6. The molecule has 0 unspecified atom stereocenters. The number of hydrogen-bond donors (Lipinski definition) is 2. The molecular formula is C13H16N4O3. The summed E-state index contributed by atoms with van der Waals surface area (Å²) < 4.78 is 1.48. The number of aromatic carboxylic acids is 1. The van der Waals surface area contributed by atoms with Crippen molar-refractivity contribution in [1.82, 2.24) is 9.38 Å². The molecule has 0 aliphatic rings. The standard InChI is InChI=1S/C13H16N4O3/c1-8(2)17(7-9(14)18)12-11(13(19)20)16-6-4-3-5-10(16)15-12/h3-6,8H,7H2,1-2H3,(H2,14,18)(H,19,20). The van der Waals surface area contributed by atoms with Crippen molar-refractivity contribution < 1.29 is 14.7 Å². The lowest BCUT2D eigenvalue weighted by Gasteiger charge is -2.25. The number of hydrogen-bond acceptors (Lipinski definition) is 4. The number of imidazole rings is 1. The summed E-state index contributed by atoms with van der Waals surface area (Å²) in [5, 5.41) is 9.41. The van der Waals surface area contributed by atoms with Gasteiger partial charge in [-0.2, -0.15) is 0 Å². The third kappa shape index (κ3) is 2.42. The van der Waals surface area contributed by atoms with Crippen LogP contribution in [-0.4, -0.2) is 39.0 Å². The first-order valence-electron chi connectivity index (χ1n) is 6.17. The number of aromatic nitrogens is 2. The fourth-order valence-corrected chi connectivity index (χ4v) is 2.05. The third-order valence-electron chi connectivity index (χ3n) is 2.94. The first kappa shape index (κ1) is 13.9. The molecule has 2 rings (SSSR count). The Labute approximate surface area is 115 Å². The molecule has 0 aliphatic carbocycles. The lowest BCUT2D eigenvalue weighted by atomic mass is 10.3. The highest BCUT2D eigenvalue weighted by molar-refractivity contribution is 5.94. The molecule has 0 saturated carbocycles. The molecule has 0 saturated heterocycles. The molecule has 2 heterocycles. The van der Waals surface area contributed by atoms with Crippen LogP contribution in [0.2, 0.25) is 0 Å². The molecule has 0 aliphatic heterocycles. The number of primary amides is 1. The van der Waals surface area contributed by atoms with Gasteiger partial charge in [0.2, 0.25) is 5.91 Å². The molecule has 3 N–H and O–H groups in total. The van der Waals surface area contributed by atoms with Crippen LogP contribution in [0.15, 0.2) is 24.4 Å². The Bertz CT molecular complexity index is 663. The fourth-order valence-electron chi connectivity index (χ4n) is 2.05. The summed E-state index contributed by atoms with van der Waals surface area (Å²) in [6.07, 6.45) is 1.62. The Morgan fingerprint density at radius 2 is 2.15 bits per heavy atom. The predicted octanol–water partition coefficient (Wildman–Crippen LogP) is 0.733. The summed E-state index contributed by atoms with van der Waals surface area (Å²) in [6, 6.07) is 5.09. The number of fused-ring (bicyclic) bond motifs is 1. The molecule has 2 aromatic rings. The van der Waals surface area contributed by atoms with E-state index in [1.165, 1.54) is 4.40 Å². The van der Waals surface area contributed by atoms with Crippen LogP contribution in [0.4, 0.5) is 5.82 Å². The van der Waals surface area contributed by atoms with Gasteiger partial charge >= 0.3 is 5.97 Å². The molecule has 7 heteroatoms. The largest absolute Gasteiger partial charge is 0.476 e. The zero-order valence-corrected chi connectivity index (χ0v) is 11.3. The van der Waals surface area contributed by atoms with Crippen molar-refractivity contribution in [3.8, 4) is 0 Å². The van der Waals surface area contributed by atoms with Crippen LogP contribution in [0.5, 0.6) is 0 Å². The Balaban J connectivity index is 2.64. The number of carbonyl (C=O) groups excluding carboxylic acids is 1. The molecule has 106 valence electrons. The van der Waals surface area contributed by atoms with Gasteiger partial charge < -0.3 is 15.7 Å². The van der Waals surface area contributed by atoms with E-state index in [-0.39, 0.29) is 24.1 Å². The lowest BCUT2D eigenvalue weighted by Crippen LogP contribution is -2.39. The van der Waals surface area contributed by atoms with Crippen molar-refractivity contribution >= 4 is 23.3 Å². The van der Waals surface area contributed by atoms with E-state index < -0.39 is 11.9 Å². The maximum Gasteiger partial charge on any atom is 0.356 e. The Morgan fingerprint density at radius 1 is 1.45 bits per heavy atom. The highest BCUT2D eigenvalue weighted by atomic mass is 16.4. The van der Waals surface area contributed by atoms with Crippen molar-refractivity contribution in [2.24, 2.45) is 5.73 Å². The van der Waals surface area contributed by atoms with Gasteiger partial charge in [-0.3, -0.25) is 9.20 Å². The predicted molar refractivity (Wildman–Crippen MR) is 73.8 cm³/mol. The second-order valence-electron chi connectivity index (χ2n) is 4.71. The minimum atomic E-state index is -1.10. The van der Waals surface area contributed by atoms with E-state index in [0.29, 0.717) is 5.65 Å². The lowest BCUT2D eigenvalue weighted by molar-refractivity contribution is -0.116. The van der Waals surface area contributed by atoms with Crippen LogP contribution in [0.3, 0.4) is 0 Å². The van der Waals surface area contributed by atoms with Gasteiger partial charge in [0.15, 0.2) is 11.5 Å². The van der Waals surface area contributed by atoms with Gasteiger partial charge in [-0.25, -0.2) is 9.78 Å². The molecule has 2 aromatic heterocycles. The SMILES string of the molecule is CC(C)N(CC(N)=O)c1nc2ccccn2c1C(=O)O. The third-order valence-corrected chi connectivity index (χ3v) is 2.94. The molecule has 7 nitrogen and oxygen atoms in total. The second-order valence-corrected chi connectivity index (χ2v) is 4.71. The van der Waals surface area contributed by atoms with Gasteiger partial charge in [0, 0.05) is 12.2 Å². The fraction of sp³-hybridized carbons (Fsp3) is 0.308. The number of carboxylic acid groups (broad SMARTS) is 1. The maximum atomic E-state index is 11.5. The molecule has 0 bridgehead atoms. The number of nitrogens with two attached hydrogens (primary N) is 1. The van der Waals surface area contributed by atoms with E-state index in [2.05, 4.69) is 4.98 Å². The van der Waals surface area contributed by atoms with Gasteiger partial charge in [0.05, 0.1) is 6.54 Å². The maximum absolute atomic E-state index is 11.5. The van der Waals surface area contributed by atoms with Gasteiger partial charge in [-0.1, -0.05) is 6.07 Å². The minimum absolute atomic E-state index is 0.0237. The highest BCUT2D eigenvalue weighted by Crippen LogP contribution is 2.23. The number of anilines is 1. The number of rotatable bonds is 5. The van der Waals surface area contributed by atoms with E-state index in [0.717, 1.165) is 0 Å². The number of pyridine rings is 1. The minimum Gasteiger partial charge on any atom is -0.476 e. The van der Waals surface area contributed by atoms with Crippen LogP contribution >= 0.6 is 0 Å². The molecule has 0 aromatic carbocycles. The zero-order chi connectivity index (χ0) is 14.9. The molecule has 20 heavy (non-hydrogen) atoms. The van der Waals surface area contributed by atoms with Gasteiger partial charge in [0.25, 0.3) is 0 Å². The van der Waals surface area contributed by atoms with Crippen molar-refractivity contribution in [2.75, 3.05) is 11.4 Å². The van der Waals surface area contributed by atoms with E-state index >= 15 is 0 Å². The van der Waals surface area contributed by atoms with Crippen molar-refractivity contribution in [2.45, 2.75) is 19.9 Å². The van der Waals surface area contributed by atoms with Crippen LogP contribution in [-0.2, 0) is 4.79 Å². The van der Waals surface area contributed by atoms with Crippen molar-refractivity contribution in [3.63, 3.8) is 0 Å². The van der Waals surface area contributed by atoms with Crippen molar-refractivity contribution in [3.05, 3.63) is 30.1 Å². The van der Waals surface area contributed by atoms with Crippen molar-refractivity contribution in [1.29, 1.82) is 0 Å². The quantitative estimate of drug-likeness (QED) is 0.838. The molecular weight excluding hydrogens is 260 g/mol. The monoisotopic (exact) mass is 276 g/mol.